The van der Waals surface area contributed by atoms with E-state index in [-0.39, 0.29) is 6.10 Å². The summed E-state index contributed by atoms with van der Waals surface area (Å²) in [4.78, 5) is 0. The molecule has 0 fully saturated rings. The van der Waals surface area contributed by atoms with E-state index in [4.69, 9.17) is 10.00 Å². The summed E-state index contributed by atoms with van der Waals surface area (Å²) in [5.74, 6) is 0. The summed E-state index contributed by atoms with van der Waals surface area (Å²) in [6.07, 6.45) is 1.43. The molecular weight excluding hydrogens is 174 g/mol. The Morgan fingerprint density at radius 3 is 2.64 bits per heavy atom. The van der Waals surface area contributed by atoms with E-state index in [1.807, 2.05) is 37.3 Å². The maximum absolute atomic E-state index is 8.53. The van der Waals surface area contributed by atoms with Gasteiger partial charge in [0.2, 0.25) is 0 Å². The number of nitrogens with zero attached hydrogens (tertiary/aromatic N) is 1. The quantitative estimate of drug-likeness (QED) is 0.713. The summed E-state index contributed by atoms with van der Waals surface area (Å²) in [5.41, 5.74) is 1.16. The van der Waals surface area contributed by atoms with Gasteiger partial charge < -0.3 is 4.74 Å². The molecule has 0 saturated heterocycles. The molecule has 0 spiro atoms. The molecule has 0 aliphatic rings. The monoisotopic (exact) mass is 189 g/mol. The average molecular weight is 189 g/mol. The van der Waals surface area contributed by atoms with Crippen LogP contribution in [0.2, 0.25) is 0 Å². The van der Waals surface area contributed by atoms with Crippen LogP contribution in [0.4, 0.5) is 0 Å². The largest absolute Gasteiger partial charge is 0.372 e. The molecule has 0 heterocycles. The molecule has 0 N–H and O–H groups in total. The van der Waals surface area contributed by atoms with Crippen LogP contribution in [-0.2, 0) is 11.3 Å². The number of hydrogen-bond donors (Lipinski definition) is 0. The third-order valence-corrected chi connectivity index (χ3v) is 2.10. The van der Waals surface area contributed by atoms with Gasteiger partial charge >= 0.3 is 0 Å². The van der Waals surface area contributed by atoms with Gasteiger partial charge in [0.05, 0.1) is 25.2 Å². The molecule has 2 heteroatoms. The van der Waals surface area contributed by atoms with Crippen LogP contribution >= 0.6 is 0 Å². The highest BCUT2D eigenvalue weighted by Crippen LogP contribution is 2.07. The van der Waals surface area contributed by atoms with Crippen molar-refractivity contribution in [2.75, 3.05) is 0 Å². The highest BCUT2D eigenvalue weighted by Gasteiger charge is 2.05. The van der Waals surface area contributed by atoms with E-state index < -0.39 is 0 Å². The Labute approximate surface area is 85.1 Å². The smallest absolute Gasteiger partial charge is 0.0721 e. The van der Waals surface area contributed by atoms with Gasteiger partial charge in [0.25, 0.3) is 0 Å². The van der Waals surface area contributed by atoms with E-state index in [1.165, 1.54) is 0 Å². The Balaban J connectivity index is 2.36. The van der Waals surface area contributed by atoms with Crippen molar-refractivity contribution in [3.63, 3.8) is 0 Å². The van der Waals surface area contributed by atoms with Crippen LogP contribution < -0.4 is 0 Å². The van der Waals surface area contributed by atoms with Gasteiger partial charge in [-0.15, -0.1) is 0 Å². The van der Waals surface area contributed by atoms with Crippen LogP contribution in [-0.4, -0.2) is 6.10 Å². The molecule has 0 radical (unpaired) electrons. The highest BCUT2D eigenvalue weighted by atomic mass is 16.5. The molecule has 0 bridgehead atoms. The zero-order chi connectivity index (χ0) is 10.2. The lowest BCUT2D eigenvalue weighted by atomic mass is 10.2. The Morgan fingerprint density at radius 2 is 2.07 bits per heavy atom. The second-order valence-electron chi connectivity index (χ2n) is 3.19. The first-order valence-electron chi connectivity index (χ1n) is 4.89. The molecule has 0 aromatic heterocycles. The minimum atomic E-state index is 0.0696. The second kappa shape index (κ2) is 6.17. The van der Waals surface area contributed by atoms with Crippen molar-refractivity contribution >= 4 is 0 Å². The standard InChI is InChI=1S/C12H15NO/c1-2-12(8-9-13)14-10-11-6-4-3-5-7-11/h3-7,12H,2,8,10H2,1H3/t12-/m0/s1. The fraction of sp³-hybridized carbons (Fsp3) is 0.417. The van der Waals surface area contributed by atoms with E-state index >= 15 is 0 Å². The lowest BCUT2D eigenvalue weighted by molar-refractivity contribution is 0.0413. The van der Waals surface area contributed by atoms with Crippen LogP contribution in [0.25, 0.3) is 0 Å². The first-order valence-corrected chi connectivity index (χ1v) is 4.89. The number of nitriles is 1. The molecule has 0 aliphatic heterocycles. The Bertz CT molecular complexity index is 289. The van der Waals surface area contributed by atoms with Gasteiger partial charge in [-0.2, -0.15) is 5.26 Å². The predicted molar refractivity (Wildman–Crippen MR) is 55.5 cm³/mol. The zero-order valence-corrected chi connectivity index (χ0v) is 8.44. The van der Waals surface area contributed by atoms with Crippen LogP contribution in [0.3, 0.4) is 0 Å². The fourth-order valence-electron chi connectivity index (χ4n) is 1.21. The fourth-order valence-corrected chi connectivity index (χ4v) is 1.21. The second-order valence-corrected chi connectivity index (χ2v) is 3.19. The van der Waals surface area contributed by atoms with Gasteiger partial charge in [0.1, 0.15) is 0 Å². The van der Waals surface area contributed by atoms with E-state index in [9.17, 15) is 0 Å². The molecule has 74 valence electrons. The number of benzene rings is 1. The first kappa shape index (κ1) is 10.7. The summed E-state index contributed by atoms with van der Waals surface area (Å²) in [6, 6.07) is 12.1. The molecule has 1 aromatic carbocycles. The average Bonchev–Trinajstić information content (AvgIpc) is 2.25. The summed E-state index contributed by atoms with van der Waals surface area (Å²) in [7, 11) is 0. The summed E-state index contributed by atoms with van der Waals surface area (Å²) in [5, 5.41) is 8.53. The van der Waals surface area contributed by atoms with Crippen LogP contribution in [0.5, 0.6) is 0 Å². The molecule has 2 nitrogen and oxygen atoms in total. The molecule has 0 unspecified atom stereocenters. The summed E-state index contributed by atoms with van der Waals surface area (Å²) in [6.45, 7) is 2.63. The Morgan fingerprint density at radius 1 is 1.36 bits per heavy atom. The van der Waals surface area contributed by atoms with Gasteiger partial charge in [-0.25, -0.2) is 0 Å². The lowest BCUT2D eigenvalue weighted by Crippen LogP contribution is -2.10. The van der Waals surface area contributed by atoms with Gasteiger partial charge in [0.15, 0.2) is 0 Å². The van der Waals surface area contributed by atoms with Crippen molar-refractivity contribution in [3.05, 3.63) is 35.9 Å². The maximum atomic E-state index is 8.53. The Kier molecular flexibility index (Phi) is 4.74. The molecule has 1 aromatic rings. The minimum Gasteiger partial charge on any atom is -0.372 e. The van der Waals surface area contributed by atoms with Crippen molar-refractivity contribution < 1.29 is 4.74 Å². The van der Waals surface area contributed by atoms with E-state index in [0.29, 0.717) is 13.0 Å². The molecule has 0 amide bonds. The van der Waals surface area contributed by atoms with Gasteiger partial charge in [-0.1, -0.05) is 37.3 Å². The van der Waals surface area contributed by atoms with Gasteiger partial charge in [-0.3, -0.25) is 0 Å². The normalized spacial score (nSPS) is 12.0. The van der Waals surface area contributed by atoms with Gasteiger partial charge in [0, 0.05) is 0 Å². The van der Waals surface area contributed by atoms with E-state index in [0.717, 1.165) is 12.0 Å². The van der Waals surface area contributed by atoms with Gasteiger partial charge in [-0.05, 0) is 12.0 Å². The van der Waals surface area contributed by atoms with Crippen molar-refractivity contribution in [3.8, 4) is 6.07 Å². The van der Waals surface area contributed by atoms with Crippen molar-refractivity contribution in [2.45, 2.75) is 32.5 Å². The minimum absolute atomic E-state index is 0.0696. The third kappa shape index (κ3) is 3.59. The predicted octanol–water partition coefficient (Wildman–Crippen LogP) is 2.90. The SMILES string of the molecule is CC[C@@H](CC#N)OCc1ccccc1. The molecule has 1 atom stereocenters. The number of rotatable bonds is 5. The molecule has 0 saturated carbocycles. The highest BCUT2D eigenvalue weighted by molar-refractivity contribution is 5.13. The zero-order valence-electron chi connectivity index (χ0n) is 8.44. The summed E-state index contributed by atoms with van der Waals surface area (Å²) >= 11 is 0. The molecule has 1 rings (SSSR count). The number of hydrogen-bond acceptors (Lipinski definition) is 2. The maximum Gasteiger partial charge on any atom is 0.0721 e. The molecule has 0 aliphatic carbocycles. The first-order chi connectivity index (χ1) is 6.86. The van der Waals surface area contributed by atoms with Crippen molar-refractivity contribution in [2.24, 2.45) is 0 Å². The van der Waals surface area contributed by atoms with E-state index in [2.05, 4.69) is 6.07 Å². The van der Waals surface area contributed by atoms with Crippen LogP contribution in [0.1, 0.15) is 25.3 Å². The third-order valence-electron chi connectivity index (χ3n) is 2.10. The van der Waals surface area contributed by atoms with Crippen molar-refractivity contribution in [1.29, 1.82) is 5.26 Å². The van der Waals surface area contributed by atoms with Crippen LogP contribution in [0, 0.1) is 11.3 Å². The summed E-state index contributed by atoms with van der Waals surface area (Å²) < 4.78 is 5.60. The molecular formula is C12H15NO. The lowest BCUT2D eigenvalue weighted by Gasteiger charge is -2.12. The Hall–Kier alpha value is -1.33. The number of ether oxygens (including phenoxy) is 1. The molecule has 14 heavy (non-hydrogen) atoms. The topological polar surface area (TPSA) is 33.0 Å². The van der Waals surface area contributed by atoms with Crippen LogP contribution in [0.15, 0.2) is 30.3 Å². The van der Waals surface area contributed by atoms with Crippen molar-refractivity contribution in [1.82, 2.24) is 0 Å². The van der Waals surface area contributed by atoms with E-state index in [1.54, 1.807) is 0 Å².